The lowest BCUT2D eigenvalue weighted by atomic mass is 9.98. The molecule has 0 spiro atoms. The Hall–Kier alpha value is -2.03. The van der Waals surface area contributed by atoms with Crippen molar-refractivity contribution < 1.29 is 0 Å². The number of nitrogens with zero attached hydrogens (tertiary/aromatic N) is 1. The molecule has 3 nitrogen and oxygen atoms in total. The lowest BCUT2D eigenvalue weighted by molar-refractivity contribution is 0.705. The molecule has 2 aromatic rings. The summed E-state index contributed by atoms with van der Waals surface area (Å²) in [6, 6.07) is 12.5. The van der Waals surface area contributed by atoms with Crippen LogP contribution in [-0.2, 0) is 0 Å². The second-order valence-corrected chi connectivity index (χ2v) is 4.92. The zero-order valence-corrected chi connectivity index (χ0v) is 11.6. The molecule has 0 aliphatic heterocycles. The van der Waals surface area contributed by atoms with Crippen molar-refractivity contribution in [2.24, 2.45) is 0 Å². The molecular weight excluding hydrogens is 234 g/mol. The monoisotopic (exact) mass is 255 g/mol. The summed E-state index contributed by atoms with van der Waals surface area (Å²) in [5.74, 6) is 1.32. The van der Waals surface area contributed by atoms with Crippen molar-refractivity contribution in [3.63, 3.8) is 0 Å². The molecule has 0 amide bonds. The van der Waals surface area contributed by atoms with Crippen molar-refractivity contribution in [1.82, 2.24) is 4.98 Å². The third-order valence-electron chi connectivity index (χ3n) is 3.45. The molecule has 0 saturated carbocycles. The molecule has 3 heteroatoms. The molecule has 1 aromatic heterocycles. The highest BCUT2D eigenvalue weighted by atomic mass is 15.0. The van der Waals surface area contributed by atoms with Gasteiger partial charge in [-0.3, -0.25) is 0 Å². The molecular formula is C16H21N3. The Morgan fingerprint density at radius 2 is 1.95 bits per heavy atom. The lowest BCUT2D eigenvalue weighted by Crippen LogP contribution is -2.09. The molecule has 0 saturated heterocycles. The fourth-order valence-electron chi connectivity index (χ4n) is 2.07. The van der Waals surface area contributed by atoms with E-state index in [2.05, 4.69) is 41.5 Å². The Labute approximate surface area is 114 Å². The molecule has 1 aromatic carbocycles. The first-order valence-electron chi connectivity index (χ1n) is 6.68. The van der Waals surface area contributed by atoms with Crippen molar-refractivity contribution in [2.45, 2.75) is 26.2 Å². The van der Waals surface area contributed by atoms with Crippen molar-refractivity contribution in [3.8, 4) is 0 Å². The van der Waals surface area contributed by atoms with E-state index in [9.17, 15) is 0 Å². The van der Waals surface area contributed by atoms with E-state index in [0.29, 0.717) is 5.92 Å². The zero-order chi connectivity index (χ0) is 13.7. The zero-order valence-electron chi connectivity index (χ0n) is 11.6. The summed E-state index contributed by atoms with van der Waals surface area (Å²) < 4.78 is 0. The Balaban J connectivity index is 1.88. The highest BCUT2D eigenvalue weighted by molar-refractivity contribution is 5.64. The van der Waals surface area contributed by atoms with E-state index >= 15 is 0 Å². The van der Waals surface area contributed by atoms with Gasteiger partial charge >= 0.3 is 0 Å². The second kappa shape index (κ2) is 6.23. The third kappa shape index (κ3) is 3.47. The van der Waals surface area contributed by atoms with E-state index < -0.39 is 0 Å². The normalized spacial score (nSPS) is 12.1. The van der Waals surface area contributed by atoms with Gasteiger partial charge in [0.1, 0.15) is 5.82 Å². The van der Waals surface area contributed by atoms with Crippen LogP contribution >= 0.6 is 0 Å². The van der Waals surface area contributed by atoms with Crippen molar-refractivity contribution in [1.29, 1.82) is 0 Å². The number of aromatic nitrogens is 1. The van der Waals surface area contributed by atoms with Gasteiger partial charge < -0.3 is 11.1 Å². The van der Waals surface area contributed by atoms with E-state index in [4.69, 9.17) is 5.73 Å². The van der Waals surface area contributed by atoms with E-state index in [1.807, 2.05) is 19.1 Å². The van der Waals surface area contributed by atoms with Gasteiger partial charge in [-0.1, -0.05) is 37.3 Å². The number of anilines is 2. The van der Waals surface area contributed by atoms with Crippen LogP contribution in [0.2, 0.25) is 0 Å². The minimum atomic E-state index is 0.528. The fraction of sp³-hybridized carbons (Fsp3) is 0.312. The second-order valence-electron chi connectivity index (χ2n) is 4.92. The van der Waals surface area contributed by atoms with Gasteiger partial charge in [0.2, 0.25) is 0 Å². The first kappa shape index (κ1) is 13.4. The van der Waals surface area contributed by atoms with Gasteiger partial charge in [0.05, 0.1) is 5.69 Å². The standard InChI is InChI=1S/C16H21N3/c1-12(14-6-4-3-5-7-14)8-10-18-16-15(17)13(2)9-11-19-16/h3-7,9,11-12H,8,10,17H2,1-2H3,(H,18,19). The molecule has 100 valence electrons. The van der Waals surface area contributed by atoms with Crippen LogP contribution in [0.25, 0.3) is 0 Å². The number of nitrogens with one attached hydrogen (secondary N) is 1. The van der Waals surface area contributed by atoms with E-state index in [-0.39, 0.29) is 0 Å². The quantitative estimate of drug-likeness (QED) is 0.858. The minimum absolute atomic E-state index is 0.528. The van der Waals surface area contributed by atoms with Crippen LogP contribution in [0.4, 0.5) is 11.5 Å². The Morgan fingerprint density at radius 3 is 2.68 bits per heavy atom. The molecule has 1 atom stereocenters. The van der Waals surface area contributed by atoms with Crippen LogP contribution in [0.3, 0.4) is 0 Å². The summed E-state index contributed by atoms with van der Waals surface area (Å²) in [6.45, 7) is 5.11. The van der Waals surface area contributed by atoms with Crippen LogP contribution in [-0.4, -0.2) is 11.5 Å². The number of nitrogens with two attached hydrogens (primary N) is 1. The molecule has 0 radical (unpaired) electrons. The molecule has 0 aliphatic carbocycles. The predicted molar refractivity (Wildman–Crippen MR) is 81.4 cm³/mol. The average molecular weight is 255 g/mol. The van der Waals surface area contributed by atoms with Gasteiger partial charge in [-0.2, -0.15) is 0 Å². The lowest BCUT2D eigenvalue weighted by Gasteiger charge is -2.14. The Kier molecular flexibility index (Phi) is 4.39. The molecule has 19 heavy (non-hydrogen) atoms. The Morgan fingerprint density at radius 1 is 1.21 bits per heavy atom. The minimum Gasteiger partial charge on any atom is -0.396 e. The Bertz CT molecular complexity index is 523. The highest BCUT2D eigenvalue weighted by Gasteiger charge is 2.06. The van der Waals surface area contributed by atoms with Gasteiger partial charge in [-0.25, -0.2) is 4.98 Å². The predicted octanol–water partition coefficient (Wildman–Crippen LogP) is 3.58. The van der Waals surface area contributed by atoms with Crippen LogP contribution in [0.5, 0.6) is 0 Å². The summed E-state index contributed by atoms with van der Waals surface area (Å²) in [5.41, 5.74) is 9.16. The third-order valence-corrected chi connectivity index (χ3v) is 3.45. The maximum atomic E-state index is 5.99. The fourth-order valence-corrected chi connectivity index (χ4v) is 2.07. The molecule has 1 unspecified atom stereocenters. The van der Waals surface area contributed by atoms with E-state index in [0.717, 1.165) is 30.0 Å². The maximum absolute atomic E-state index is 5.99. The van der Waals surface area contributed by atoms with Crippen molar-refractivity contribution in [2.75, 3.05) is 17.6 Å². The smallest absolute Gasteiger partial charge is 0.149 e. The maximum Gasteiger partial charge on any atom is 0.149 e. The van der Waals surface area contributed by atoms with E-state index in [1.54, 1.807) is 6.20 Å². The number of rotatable bonds is 5. The van der Waals surface area contributed by atoms with Crippen LogP contribution in [0.1, 0.15) is 30.4 Å². The SMILES string of the molecule is Cc1ccnc(NCCC(C)c2ccccc2)c1N. The molecule has 2 rings (SSSR count). The summed E-state index contributed by atoms with van der Waals surface area (Å²) in [7, 11) is 0. The van der Waals surface area contributed by atoms with Gasteiger partial charge in [0, 0.05) is 12.7 Å². The topological polar surface area (TPSA) is 50.9 Å². The van der Waals surface area contributed by atoms with E-state index in [1.165, 1.54) is 5.56 Å². The number of nitrogen functional groups attached to an aromatic ring is 1. The number of benzene rings is 1. The first-order valence-corrected chi connectivity index (χ1v) is 6.68. The van der Waals surface area contributed by atoms with Gasteiger partial charge in [-0.05, 0) is 36.5 Å². The number of aryl methyl sites for hydroxylation is 1. The molecule has 3 N–H and O–H groups in total. The number of hydrogen-bond acceptors (Lipinski definition) is 3. The highest BCUT2D eigenvalue weighted by Crippen LogP contribution is 2.21. The molecule has 1 heterocycles. The van der Waals surface area contributed by atoms with Gasteiger partial charge in [0.15, 0.2) is 0 Å². The molecule has 0 fully saturated rings. The van der Waals surface area contributed by atoms with Gasteiger partial charge in [-0.15, -0.1) is 0 Å². The van der Waals surface area contributed by atoms with Crippen LogP contribution < -0.4 is 11.1 Å². The summed E-state index contributed by atoms with van der Waals surface area (Å²) in [6.07, 6.45) is 2.84. The average Bonchev–Trinajstić information content (AvgIpc) is 2.44. The molecule has 0 bridgehead atoms. The summed E-state index contributed by atoms with van der Waals surface area (Å²) in [5, 5.41) is 3.32. The summed E-state index contributed by atoms with van der Waals surface area (Å²) >= 11 is 0. The first-order chi connectivity index (χ1) is 9.18. The number of pyridine rings is 1. The number of hydrogen-bond donors (Lipinski definition) is 2. The van der Waals surface area contributed by atoms with Crippen molar-refractivity contribution in [3.05, 3.63) is 53.7 Å². The summed E-state index contributed by atoms with van der Waals surface area (Å²) in [4.78, 5) is 4.27. The molecule has 0 aliphatic rings. The van der Waals surface area contributed by atoms with Crippen LogP contribution in [0, 0.1) is 6.92 Å². The van der Waals surface area contributed by atoms with Crippen molar-refractivity contribution >= 4 is 11.5 Å². The largest absolute Gasteiger partial charge is 0.396 e. The van der Waals surface area contributed by atoms with Gasteiger partial charge in [0.25, 0.3) is 0 Å². The van der Waals surface area contributed by atoms with Crippen LogP contribution in [0.15, 0.2) is 42.6 Å².